The summed E-state index contributed by atoms with van der Waals surface area (Å²) in [6.45, 7) is 1.16. The fraction of sp³-hybridized carbons (Fsp3) is 0.400. The number of ether oxygens (including phenoxy) is 2. The van der Waals surface area contributed by atoms with Crippen LogP contribution in [0.1, 0.15) is 36.0 Å². The van der Waals surface area contributed by atoms with Gasteiger partial charge in [-0.3, -0.25) is 14.2 Å². The monoisotopic (exact) mass is 555 g/mol. The molecule has 1 N–H and O–H groups in total. The molecule has 40 heavy (non-hydrogen) atoms. The molecule has 5 rings (SSSR count). The Balaban J connectivity index is 1.65. The number of fused-ring (bicyclic) bond motifs is 1. The van der Waals surface area contributed by atoms with Crippen LogP contribution in [-0.2, 0) is 23.8 Å². The van der Waals surface area contributed by atoms with Gasteiger partial charge in [0.25, 0.3) is 5.56 Å². The van der Waals surface area contributed by atoms with Crippen molar-refractivity contribution in [3.05, 3.63) is 69.6 Å². The molecule has 212 valence electrons. The summed E-state index contributed by atoms with van der Waals surface area (Å²) in [4.78, 5) is 27.5. The lowest BCUT2D eigenvalue weighted by Gasteiger charge is -2.23. The molecular weight excluding hydrogens is 523 g/mol. The molecule has 1 aromatic heterocycles. The molecule has 2 heterocycles. The van der Waals surface area contributed by atoms with Crippen molar-refractivity contribution >= 4 is 11.6 Å². The van der Waals surface area contributed by atoms with Crippen molar-refractivity contribution in [2.45, 2.75) is 38.3 Å². The maximum atomic E-state index is 14.3. The molecule has 2 aliphatic rings. The molecule has 7 nitrogen and oxygen atoms in total. The van der Waals surface area contributed by atoms with Crippen LogP contribution in [-0.4, -0.2) is 44.8 Å². The second kappa shape index (κ2) is 10.9. The number of methoxy groups -OCH3 is 2. The van der Waals surface area contributed by atoms with Gasteiger partial charge in [-0.1, -0.05) is 0 Å². The van der Waals surface area contributed by atoms with Crippen LogP contribution in [0.25, 0.3) is 16.8 Å². The molecule has 0 radical (unpaired) electrons. The topological polar surface area (TPSA) is 72.8 Å². The van der Waals surface area contributed by atoms with Gasteiger partial charge >= 0.3 is 6.18 Å². The van der Waals surface area contributed by atoms with Crippen LogP contribution < -0.4 is 25.2 Å². The van der Waals surface area contributed by atoms with E-state index in [0.717, 1.165) is 29.0 Å². The van der Waals surface area contributed by atoms with E-state index < -0.39 is 17.3 Å². The Labute approximate surface area is 230 Å². The summed E-state index contributed by atoms with van der Waals surface area (Å²) >= 11 is 0. The van der Waals surface area contributed by atoms with Gasteiger partial charge in [0.2, 0.25) is 5.91 Å². The number of aromatic nitrogens is 1. The van der Waals surface area contributed by atoms with Gasteiger partial charge in [0, 0.05) is 55.6 Å². The predicted octanol–water partition coefficient (Wildman–Crippen LogP) is 4.99. The first-order chi connectivity index (χ1) is 19.1. The third-order valence-electron chi connectivity index (χ3n) is 7.89. The maximum absolute atomic E-state index is 14.3. The molecule has 0 saturated carbocycles. The van der Waals surface area contributed by atoms with Gasteiger partial charge in [0.05, 0.1) is 25.5 Å². The Bertz CT molecular complexity index is 1480. The van der Waals surface area contributed by atoms with E-state index in [1.54, 1.807) is 25.2 Å². The van der Waals surface area contributed by atoms with Crippen molar-refractivity contribution in [2.75, 3.05) is 39.3 Å². The largest absolute Gasteiger partial charge is 0.497 e. The summed E-state index contributed by atoms with van der Waals surface area (Å²) in [5.41, 5.74) is 1.80. The van der Waals surface area contributed by atoms with E-state index in [4.69, 9.17) is 9.47 Å². The van der Waals surface area contributed by atoms with Crippen molar-refractivity contribution < 1.29 is 27.4 Å². The van der Waals surface area contributed by atoms with E-state index in [2.05, 4.69) is 5.32 Å². The van der Waals surface area contributed by atoms with Crippen LogP contribution >= 0.6 is 0 Å². The summed E-state index contributed by atoms with van der Waals surface area (Å²) in [6.07, 6.45) is -0.131. The molecule has 1 aliphatic carbocycles. The van der Waals surface area contributed by atoms with E-state index in [-0.39, 0.29) is 17.5 Å². The lowest BCUT2D eigenvalue weighted by atomic mass is 9.98. The second-order valence-electron chi connectivity index (χ2n) is 10.3. The number of rotatable bonds is 7. The molecule has 1 aliphatic heterocycles. The Hall–Kier alpha value is -3.95. The normalized spacial score (nSPS) is 16.6. The van der Waals surface area contributed by atoms with Gasteiger partial charge in [-0.25, -0.2) is 0 Å². The molecule has 1 amide bonds. The molecule has 0 unspecified atom stereocenters. The zero-order valence-electron chi connectivity index (χ0n) is 22.7. The summed E-state index contributed by atoms with van der Waals surface area (Å²) in [6, 6.07) is 9.25. The van der Waals surface area contributed by atoms with Crippen LogP contribution in [0, 0.1) is 5.92 Å². The van der Waals surface area contributed by atoms with E-state index in [1.807, 2.05) is 4.90 Å². The number of carbonyl (C=O) groups is 1. The SMILES string of the molecule is CNC(=O)C[C@@H]1CCN(c2ccc(C(F)(F)F)c(-n3cc(-c4cc(OC)cc(OC)c4)c4c(c3=O)CCC4)c2)C1. The molecule has 0 bridgehead atoms. The third kappa shape index (κ3) is 5.26. The molecule has 10 heteroatoms. The molecule has 1 fully saturated rings. The smallest absolute Gasteiger partial charge is 0.418 e. The highest BCUT2D eigenvalue weighted by Crippen LogP contribution is 2.39. The second-order valence-corrected chi connectivity index (χ2v) is 10.3. The maximum Gasteiger partial charge on any atom is 0.418 e. The fourth-order valence-corrected chi connectivity index (χ4v) is 5.83. The first-order valence-electron chi connectivity index (χ1n) is 13.3. The van der Waals surface area contributed by atoms with Crippen LogP contribution in [0.15, 0.2) is 47.4 Å². The van der Waals surface area contributed by atoms with Crippen LogP contribution in [0.3, 0.4) is 0 Å². The number of benzene rings is 2. The van der Waals surface area contributed by atoms with Crippen molar-refractivity contribution in [3.63, 3.8) is 0 Å². The number of alkyl halides is 3. The van der Waals surface area contributed by atoms with Crippen molar-refractivity contribution in [2.24, 2.45) is 5.92 Å². The van der Waals surface area contributed by atoms with E-state index in [0.29, 0.717) is 66.2 Å². The fourth-order valence-electron chi connectivity index (χ4n) is 5.83. The van der Waals surface area contributed by atoms with Crippen molar-refractivity contribution in [3.8, 4) is 28.3 Å². The highest BCUT2D eigenvalue weighted by Gasteiger charge is 2.36. The first kappa shape index (κ1) is 27.6. The lowest BCUT2D eigenvalue weighted by molar-refractivity contribution is -0.137. The van der Waals surface area contributed by atoms with Gasteiger partial charge < -0.3 is 19.7 Å². The predicted molar refractivity (Wildman–Crippen MR) is 147 cm³/mol. The van der Waals surface area contributed by atoms with Crippen molar-refractivity contribution in [1.29, 1.82) is 0 Å². The zero-order chi connectivity index (χ0) is 28.6. The molecule has 1 atom stereocenters. The molecule has 0 spiro atoms. The minimum atomic E-state index is -4.67. The minimum Gasteiger partial charge on any atom is -0.497 e. The quantitative estimate of drug-likeness (QED) is 0.445. The Kier molecular flexibility index (Phi) is 7.53. The Morgan fingerprint density at radius 2 is 1.75 bits per heavy atom. The van der Waals surface area contributed by atoms with Crippen LogP contribution in [0.5, 0.6) is 11.5 Å². The number of hydrogen-bond donors (Lipinski definition) is 1. The van der Waals surface area contributed by atoms with Crippen molar-refractivity contribution in [1.82, 2.24) is 9.88 Å². The summed E-state index contributed by atoms with van der Waals surface area (Å²) in [5.74, 6) is 1.11. The number of hydrogen-bond acceptors (Lipinski definition) is 5. The van der Waals surface area contributed by atoms with E-state index >= 15 is 0 Å². The summed E-state index contributed by atoms with van der Waals surface area (Å²) in [7, 11) is 4.65. The van der Waals surface area contributed by atoms with Gasteiger partial charge in [0.15, 0.2) is 0 Å². The number of halogens is 3. The highest BCUT2D eigenvalue weighted by atomic mass is 19.4. The van der Waals surface area contributed by atoms with E-state index in [9.17, 15) is 22.8 Å². The Morgan fingerprint density at radius 1 is 1.05 bits per heavy atom. The first-order valence-corrected chi connectivity index (χ1v) is 13.3. The molecular formula is C30H32F3N3O4. The minimum absolute atomic E-state index is 0.0636. The van der Waals surface area contributed by atoms with Gasteiger partial charge in [-0.05, 0) is 73.1 Å². The van der Waals surface area contributed by atoms with E-state index in [1.165, 1.54) is 32.5 Å². The number of amides is 1. The Morgan fingerprint density at radius 3 is 2.40 bits per heavy atom. The van der Waals surface area contributed by atoms with Gasteiger partial charge in [0.1, 0.15) is 11.5 Å². The third-order valence-corrected chi connectivity index (χ3v) is 7.89. The number of nitrogens with zero attached hydrogens (tertiary/aromatic N) is 2. The number of carbonyl (C=O) groups excluding carboxylic acids is 1. The highest BCUT2D eigenvalue weighted by molar-refractivity contribution is 5.76. The molecule has 3 aromatic rings. The standard InChI is InChI=1S/C30H32F3N3O4/c1-34-28(37)11-18-9-10-35(16-18)20-7-8-26(30(31,32)33)27(14-20)36-17-25(23-5-4-6-24(23)29(36)38)19-12-21(39-2)15-22(13-19)40-3/h7-8,12-15,17-18H,4-6,9-11,16H2,1-3H3,(H,34,37)/t18-/m0/s1. The van der Waals surface area contributed by atoms with Gasteiger partial charge in [-0.15, -0.1) is 0 Å². The lowest BCUT2D eigenvalue weighted by Crippen LogP contribution is -2.27. The number of pyridine rings is 1. The summed E-state index contributed by atoms with van der Waals surface area (Å²) in [5, 5.41) is 2.62. The van der Waals surface area contributed by atoms with Gasteiger partial charge in [-0.2, -0.15) is 13.2 Å². The zero-order valence-corrected chi connectivity index (χ0v) is 22.7. The van der Waals surface area contributed by atoms with Crippen LogP contribution in [0.2, 0.25) is 0 Å². The average molecular weight is 556 g/mol. The number of nitrogens with one attached hydrogen (secondary N) is 1. The summed E-state index contributed by atoms with van der Waals surface area (Å²) < 4.78 is 54.9. The average Bonchev–Trinajstić information content (AvgIpc) is 3.62. The number of anilines is 1. The molecule has 2 aromatic carbocycles. The molecule has 1 saturated heterocycles. The van der Waals surface area contributed by atoms with Crippen LogP contribution in [0.4, 0.5) is 18.9 Å².